The highest BCUT2D eigenvalue weighted by Gasteiger charge is 2.15. The molecule has 0 aliphatic heterocycles. The maximum absolute atomic E-state index is 12.4. The van der Waals surface area contributed by atoms with Gasteiger partial charge >= 0.3 is 6.03 Å². The normalized spacial score (nSPS) is 10.4. The topological polar surface area (TPSA) is 41.6 Å². The molecule has 1 aromatic heterocycles. The highest BCUT2D eigenvalue weighted by Crippen LogP contribution is 2.26. The molecule has 4 nitrogen and oxygen atoms in total. The molecule has 0 aliphatic carbocycles. The van der Waals surface area contributed by atoms with Crippen LogP contribution < -0.4 is 10.1 Å². The number of hydrogen-bond acceptors (Lipinski definition) is 3. The summed E-state index contributed by atoms with van der Waals surface area (Å²) in [6.07, 6.45) is 0. The van der Waals surface area contributed by atoms with Crippen LogP contribution in [0.4, 0.5) is 10.5 Å². The van der Waals surface area contributed by atoms with Gasteiger partial charge in [0, 0.05) is 11.4 Å². The van der Waals surface area contributed by atoms with Gasteiger partial charge in [-0.25, -0.2) is 4.79 Å². The van der Waals surface area contributed by atoms with E-state index in [1.54, 1.807) is 12.0 Å². The first-order chi connectivity index (χ1) is 10.5. The van der Waals surface area contributed by atoms with Gasteiger partial charge in [0.15, 0.2) is 0 Å². The van der Waals surface area contributed by atoms with Crippen LogP contribution in [0.1, 0.15) is 17.4 Å². The molecule has 6 heteroatoms. The van der Waals surface area contributed by atoms with Crippen molar-refractivity contribution in [2.75, 3.05) is 19.0 Å². The number of amides is 2. The number of methoxy groups -OCH3 is 1. The number of urea groups is 1. The molecule has 0 saturated heterocycles. The van der Waals surface area contributed by atoms with Gasteiger partial charge < -0.3 is 15.0 Å². The van der Waals surface area contributed by atoms with Gasteiger partial charge in [-0.2, -0.15) is 0 Å². The van der Waals surface area contributed by atoms with Crippen LogP contribution in [0, 0.1) is 6.92 Å². The lowest BCUT2D eigenvalue weighted by Crippen LogP contribution is -2.34. The Hall–Kier alpha value is -1.72. The summed E-state index contributed by atoms with van der Waals surface area (Å²) >= 11 is 7.42. The van der Waals surface area contributed by atoms with Crippen LogP contribution in [0.25, 0.3) is 0 Å². The van der Waals surface area contributed by atoms with Gasteiger partial charge in [-0.15, -0.1) is 11.3 Å². The van der Waals surface area contributed by atoms with E-state index in [2.05, 4.69) is 5.32 Å². The second-order valence-corrected chi connectivity index (χ2v) is 6.65. The van der Waals surface area contributed by atoms with Crippen molar-refractivity contribution in [1.29, 1.82) is 0 Å². The van der Waals surface area contributed by atoms with Crippen molar-refractivity contribution >= 4 is 34.7 Å². The van der Waals surface area contributed by atoms with Gasteiger partial charge in [0.1, 0.15) is 5.75 Å². The first-order valence-corrected chi connectivity index (χ1v) is 8.17. The number of hydrogen-bond donors (Lipinski definition) is 1. The first-order valence-electron chi connectivity index (χ1n) is 6.98. The van der Waals surface area contributed by atoms with Crippen LogP contribution in [0.5, 0.6) is 5.75 Å². The molecular formula is C16H19ClN2O2S. The van der Waals surface area contributed by atoms with E-state index >= 15 is 0 Å². The summed E-state index contributed by atoms with van der Waals surface area (Å²) in [6.45, 7) is 5.07. The minimum absolute atomic E-state index is 0.158. The standard InChI is InChI=1S/C16H19ClN2O2S/c1-4-19(10-12-6-8-15(17)22-12)16(20)18-13-7-5-11(2)9-14(13)21-3/h5-9H,4,10H2,1-3H3,(H,18,20). The lowest BCUT2D eigenvalue weighted by atomic mass is 10.2. The fourth-order valence-electron chi connectivity index (χ4n) is 2.05. The Morgan fingerprint density at radius 1 is 1.36 bits per heavy atom. The van der Waals surface area contributed by atoms with Crippen LogP contribution in [-0.2, 0) is 6.54 Å². The number of aryl methyl sites for hydroxylation is 1. The summed E-state index contributed by atoms with van der Waals surface area (Å²) in [4.78, 5) is 15.2. The average molecular weight is 339 g/mol. The van der Waals surface area contributed by atoms with Crippen molar-refractivity contribution in [2.45, 2.75) is 20.4 Å². The van der Waals surface area contributed by atoms with Gasteiger partial charge in [0.2, 0.25) is 0 Å². The minimum Gasteiger partial charge on any atom is -0.495 e. The summed E-state index contributed by atoms with van der Waals surface area (Å²) in [5.74, 6) is 0.656. The van der Waals surface area contributed by atoms with Crippen molar-refractivity contribution in [3.63, 3.8) is 0 Å². The molecule has 0 bridgehead atoms. The van der Waals surface area contributed by atoms with E-state index in [-0.39, 0.29) is 6.03 Å². The summed E-state index contributed by atoms with van der Waals surface area (Å²) < 4.78 is 6.04. The van der Waals surface area contributed by atoms with Crippen LogP contribution in [0.15, 0.2) is 30.3 Å². The lowest BCUT2D eigenvalue weighted by Gasteiger charge is -2.21. The molecule has 118 valence electrons. The molecule has 0 radical (unpaired) electrons. The predicted octanol–water partition coefficient (Wildman–Crippen LogP) is 4.77. The van der Waals surface area contributed by atoms with Gasteiger partial charge in [-0.3, -0.25) is 0 Å². The van der Waals surface area contributed by atoms with Gasteiger partial charge in [0.25, 0.3) is 0 Å². The molecule has 0 spiro atoms. The largest absolute Gasteiger partial charge is 0.495 e. The van der Waals surface area contributed by atoms with Gasteiger partial charge in [-0.1, -0.05) is 17.7 Å². The Bertz CT molecular complexity index is 657. The monoisotopic (exact) mass is 338 g/mol. The van der Waals surface area contributed by atoms with E-state index in [4.69, 9.17) is 16.3 Å². The molecule has 2 amide bonds. The van der Waals surface area contributed by atoms with E-state index in [9.17, 15) is 4.79 Å². The maximum Gasteiger partial charge on any atom is 0.322 e. The summed E-state index contributed by atoms with van der Waals surface area (Å²) in [7, 11) is 1.59. The number of benzene rings is 1. The minimum atomic E-state index is -0.158. The van der Waals surface area contributed by atoms with E-state index in [0.717, 1.165) is 14.8 Å². The van der Waals surface area contributed by atoms with Crippen molar-refractivity contribution in [3.05, 3.63) is 45.1 Å². The number of anilines is 1. The lowest BCUT2D eigenvalue weighted by molar-refractivity contribution is 0.212. The quantitative estimate of drug-likeness (QED) is 0.853. The number of nitrogens with one attached hydrogen (secondary N) is 1. The van der Waals surface area contributed by atoms with Gasteiger partial charge in [0.05, 0.1) is 23.7 Å². The molecule has 1 N–H and O–H groups in total. The summed E-state index contributed by atoms with van der Waals surface area (Å²) in [5.41, 5.74) is 1.75. The number of nitrogens with zero attached hydrogens (tertiary/aromatic N) is 1. The SMILES string of the molecule is CCN(Cc1ccc(Cl)s1)C(=O)Nc1ccc(C)cc1OC. The number of rotatable bonds is 5. The van der Waals surface area contributed by atoms with Gasteiger partial charge in [-0.05, 0) is 43.7 Å². The molecule has 1 heterocycles. The van der Waals surface area contributed by atoms with E-state index < -0.39 is 0 Å². The molecule has 2 rings (SSSR count). The third-order valence-electron chi connectivity index (χ3n) is 3.24. The molecule has 0 atom stereocenters. The second-order valence-electron chi connectivity index (χ2n) is 4.85. The van der Waals surface area contributed by atoms with E-state index in [1.807, 2.05) is 44.2 Å². The second kappa shape index (κ2) is 7.51. The molecule has 0 fully saturated rings. The van der Waals surface area contributed by atoms with Crippen molar-refractivity contribution in [2.24, 2.45) is 0 Å². The Balaban J connectivity index is 2.09. The smallest absolute Gasteiger partial charge is 0.322 e. The number of carbonyl (C=O) groups excluding carboxylic acids is 1. The molecular weight excluding hydrogens is 320 g/mol. The Morgan fingerprint density at radius 3 is 2.73 bits per heavy atom. The zero-order chi connectivity index (χ0) is 16.1. The number of ether oxygens (including phenoxy) is 1. The van der Waals surface area contributed by atoms with E-state index in [1.165, 1.54) is 11.3 Å². The highest BCUT2D eigenvalue weighted by molar-refractivity contribution is 7.16. The van der Waals surface area contributed by atoms with Crippen molar-refractivity contribution < 1.29 is 9.53 Å². The molecule has 0 saturated carbocycles. The number of carbonyl (C=O) groups is 1. The fourth-order valence-corrected chi connectivity index (χ4v) is 3.15. The molecule has 22 heavy (non-hydrogen) atoms. The Morgan fingerprint density at radius 2 is 2.14 bits per heavy atom. The number of halogens is 1. The molecule has 0 unspecified atom stereocenters. The molecule has 0 aliphatic rings. The summed E-state index contributed by atoms with van der Waals surface area (Å²) in [5, 5.41) is 2.90. The Labute approximate surface area is 139 Å². The highest BCUT2D eigenvalue weighted by atomic mass is 35.5. The number of thiophene rings is 1. The zero-order valence-corrected chi connectivity index (χ0v) is 14.4. The third-order valence-corrected chi connectivity index (χ3v) is 4.46. The van der Waals surface area contributed by atoms with Crippen molar-refractivity contribution in [1.82, 2.24) is 4.90 Å². The van der Waals surface area contributed by atoms with E-state index in [0.29, 0.717) is 24.5 Å². The fraction of sp³-hybridized carbons (Fsp3) is 0.312. The maximum atomic E-state index is 12.4. The Kier molecular flexibility index (Phi) is 5.69. The van der Waals surface area contributed by atoms with Crippen molar-refractivity contribution in [3.8, 4) is 5.75 Å². The molecule has 2 aromatic rings. The predicted molar refractivity (Wildman–Crippen MR) is 92.2 cm³/mol. The first kappa shape index (κ1) is 16.6. The van der Waals surface area contributed by atoms with Crippen LogP contribution >= 0.6 is 22.9 Å². The third kappa shape index (κ3) is 4.15. The average Bonchev–Trinajstić information content (AvgIpc) is 2.91. The van der Waals surface area contributed by atoms with Crippen LogP contribution in [0.3, 0.4) is 0 Å². The summed E-state index contributed by atoms with van der Waals surface area (Å²) in [6, 6.07) is 9.31. The van der Waals surface area contributed by atoms with Crippen LogP contribution in [0.2, 0.25) is 4.34 Å². The van der Waals surface area contributed by atoms with Crippen LogP contribution in [-0.4, -0.2) is 24.6 Å². The molecule has 1 aromatic carbocycles. The zero-order valence-electron chi connectivity index (χ0n) is 12.9.